The minimum atomic E-state index is -0.976. The van der Waals surface area contributed by atoms with Gasteiger partial charge in [0.2, 0.25) is 0 Å². The van der Waals surface area contributed by atoms with E-state index in [-0.39, 0.29) is 36.9 Å². The van der Waals surface area contributed by atoms with E-state index in [0.717, 1.165) is 63.4 Å². The maximum Gasteiger partial charge on any atom is 0.341 e. The summed E-state index contributed by atoms with van der Waals surface area (Å²) in [4.78, 5) is 22.9. The van der Waals surface area contributed by atoms with Crippen molar-refractivity contribution in [3.63, 3.8) is 0 Å². The molecule has 0 saturated heterocycles. The maximum atomic E-state index is 11.0. The van der Waals surface area contributed by atoms with E-state index in [4.69, 9.17) is 25.4 Å². The minimum absolute atomic E-state index is 0.0687. The molecule has 1 aromatic rings. The molecule has 2 aliphatic rings. The van der Waals surface area contributed by atoms with E-state index in [9.17, 15) is 9.90 Å². The van der Waals surface area contributed by atoms with Gasteiger partial charge in [-0.1, -0.05) is 50.5 Å². The van der Waals surface area contributed by atoms with Crippen molar-refractivity contribution in [3.05, 3.63) is 41.5 Å². The zero-order valence-electron chi connectivity index (χ0n) is 22.1. The molecule has 7 unspecified atom stereocenters. The quantitative estimate of drug-likeness (QED) is 0.136. The van der Waals surface area contributed by atoms with Crippen molar-refractivity contribution in [3.8, 4) is 5.75 Å². The topological polar surface area (TPSA) is 111 Å². The van der Waals surface area contributed by atoms with Crippen molar-refractivity contribution in [1.29, 1.82) is 0 Å². The normalized spacial score (nSPS) is 25.8. The van der Waals surface area contributed by atoms with E-state index in [0.29, 0.717) is 17.6 Å². The van der Waals surface area contributed by atoms with Gasteiger partial charge in [-0.3, -0.25) is 0 Å². The van der Waals surface area contributed by atoms with Gasteiger partial charge >= 0.3 is 5.97 Å². The van der Waals surface area contributed by atoms with Gasteiger partial charge < -0.3 is 20.7 Å². The Morgan fingerprint density at radius 3 is 2.78 bits per heavy atom. The molecular formula is C29H45NO6. The number of allylic oxidation sites excluding steroid dienone is 1. The van der Waals surface area contributed by atoms with Crippen molar-refractivity contribution in [2.45, 2.75) is 103 Å². The van der Waals surface area contributed by atoms with Gasteiger partial charge in [0.05, 0.1) is 18.2 Å². The van der Waals surface area contributed by atoms with Crippen molar-refractivity contribution >= 4 is 5.97 Å². The number of fused-ring (bicyclic) bond motifs is 2. The van der Waals surface area contributed by atoms with E-state index in [1.807, 2.05) is 38.1 Å². The number of aliphatic hydroxyl groups is 1. The molecule has 36 heavy (non-hydrogen) atoms. The van der Waals surface area contributed by atoms with Gasteiger partial charge in [-0.15, -0.1) is 0 Å². The highest BCUT2D eigenvalue weighted by Crippen LogP contribution is 2.49. The molecule has 0 aliphatic heterocycles. The Morgan fingerprint density at radius 2 is 2.06 bits per heavy atom. The highest BCUT2D eigenvalue weighted by atomic mass is 17.2. The van der Waals surface area contributed by atoms with Crippen molar-refractivity contribution in [2.75, 3.05) is 6.61 Å². The van der Waals surface area contributed by atoms with Crippen LogP contribution in [0.15, 0.2) is 30.4 Å². The lowest BCUT2D eigenvalue weighted by atomic mass is 9.73. The number of hydrogen-bond acceptors (Lipinski definition) is 6. The van der Waals surface area contributed by atoms with Crippen LogP contribution in [-0.2, 0) is 27.4 Å². The van der Waals surface area contributed by atoms with E-state index in [2.05, 4.69) is 13.0 Å². The number of hydrogen-bond donors (Lipinski definition) is 3. The van der Waals surface area contributed by atoms with Gasteiger partial charge in [0.25, 0.3) is 0 Å². The first-order valence-corrected chi connectivity index (χ1v) is 13.7. The van der Waals surface area contributed by atoms with Crippen LogP contribution >= 0.6 is 0 Å². The number of unbranched alkanes of at least 4 members (excludes halogenated alkanes) is 2. The first-order valence-electron chi connectivity index (χ1n) is 13.7. The summed E-state index contributed by atoms with van der Waals surface area (Å²) in [6.07, 6.45) is 11.7. The molecule has 0 amide bonds. The molecule has 7 heteroatoms. The molecule has 3 rings (SSSR count). The van der Waals surface area contributed by atoms with Gasteiger partial charge in [0.1, 0.15) is 11.9 Å². The predicted octanol–water partition coefficient (Wildman–Crippen LogP) is 4.83. The van der Waals surface area contributed by atoms with Crippen LogP contribution in [0.3, 0.4) is 0 Å². The highest BCUT2D eigenvalue weighted by molar-refractivity contribution is 5.68. The maximum absolute atomic E-state index is 11.0. The number of nitrogens with two attached hydrogens (primary N) is 1. The molecule has 4 N–H and O–H groups in total. The Balaban J connectivity index is 1.71. The molecule has 0 spiro atoms. The molecule has 1 saturated carbocycles. The van der Waals surface area contributed by atoms with Crippen molar-refractivity contribution in [2.24, 2.45) is 23.5 Å². The molecule has 0 aromatic heterocycles. The molecule has 2 aliphatic carbocycles. The summed E-state index contributed by atoms with van der Waals surface area (Å²) in [5.74, 6) is 0.779. The van der Waals surface area contributed by atoms with Crippen molar-refractivity contribution in [1.82, 2.24) is 0 Å². The summed E-state index contributed by atoms with van der Waals surface area (Å²) in [6, 6.07) is 5.69. The Bertz CT molecular complexity index is 858. The van der Waals surface area contributed by atoms with Gasteiger partial charge in [0.15, 0.2) is 6.61 Å². The van der Waals surface area contributed by atoms with Gasteiger partial charge in [0, 0.05) is 0 Å². The fourth-order valence-electron chi connectivity index (χ4n) is 5.92. The largest absolute Gasteiger partial charge is 0.482 e. The number of carbonyl (C=O) groups is 1. The molecule has 202 valence electrons. The van der Waals surface area contributed by atoms with E-state index in [1.165, 1.54) is 5.56 Å². The Labute approximate surface area is 215 Å². The van der Waals surface area contributed by atoms with Crippen LogP contribution in [0.5, 0.6) is 5.75 Å². The number of aliphatic carboxylic acids is 1. The molecule has 0 radical (unpaired) electrons. The fraction of sp³-hybridized carbons (Fsp3) is 0.690. The van der Waals surface area contributed by atoms with Crippen LogP contribution in [0, 0.1) is 17.8 Å². The Morgan fingerprint density at radius 1 is 1.25 bits per heavy atom. The predicted molar refractivity (Wildman–Crippen MR) is 140 cm³/mol. The lowest BCUT2D eigenvalue weighted by Crippen LogP contribution is -2.35. The molecular weight excluding hydrogens is 458 g/mol. The van der Waals surface area contributed by atoms with Gasteiger partial charge in [-0.25, -0.2) is 14.6 Å². The van der Waals surface area contributed by atoms with Crippen molar-refractivity contribution < 1.29 is 29.5 Å². The Hall–Kier alpha value is -1.93. The fourth-order valence-corrected chi connectivity index (χ4v) is 5.92. The number of rotatable bonds is 15. The monoisotopic (exact) mass is 503 g/mol. The van der Waals surface area contributed by atoms with Gasteiger partial charge in [-0.2, -0.15) is 0 Å². The number of aliphatic hydroxyl groups excluding tert-OH is 1. The summed E-state index contributed by atoms with van der Waals surface area (Å²) in [5, 5.41) is 19.7. The second-order valence-corrected chi connectivity index (χ2v) is 10.6. The third kappa shape index (κ3) is 7.78. The second-order valence-electron chi connectivity index (χ2n) is 10.6. The van der Waals surface area contributed by atoms with E-state index in [1.54, 1.807) is 0 Å². The first kappa shape index (κ1) is 28.6. The minimum Gasteiger partial charge on any atom is -0.482 e. The molecule has 1 fully saturated rings. The number of ether oxygens (including phenoxy) is 1. The average Bonchev–Trinajstić information content (AvgIpc) is 3.19. The van der Waals surface area contributed by atoms with Crippen LogP contribution in [0.4, 0.5) is 0 Å². The molecule has 0 heterocycles. The number of benzene rings is 1. The Kier molecular flexibility index (Phi) is 11.2. The van der Waals surface area contributed by atoms with Crippen LogP contribution in [0.1, 0.15) is 76.8 Å². The second kappa shape index (κ2) is 14.1. The van der Waals surface area contributed by atoms with Crippen LogP contribution in [-0.4, -0.2) is 47.1 Å². The summed E-state index contributed by atoms with van der Waals surface area (Å²) < 4.78 is 5.61. The number of carboxylic acids is 1. The summed E-state index contributed by atoms with van der Waals surface area (Å²) in [7, 11) is 0. The third-order valence-corrected chi connectivity index (χ3v) is 7.93. The summed E-state index contributed by atoms with van der Waals surface area (Å²) in [6.45, 7) is 5.69. The van der Waals surface area contributed by atoms with E-state index >= 15 is 0 Å². The molecule has 0 bridgehead atoms. The highest BCUT2D eigenvalue weighted by Gasteiger charge is 2.47. The molecule has 1 aromatic carbocycles. The smallest absolute Gasteiger partial charge is 0.341 e. The standard InChI is InChI=1S/C29H45NO6/c1-4-6-7-11-22(31)13-14-23-24-15-20-10-8-12-27(34-18-29(32)33)25(20)16-21(24)17-28(23)36-35-19(3)26(30)9-5-2/h5,8-10,12,19,21-24,26,28,31H,4,6-7,11,13-18,30H2,1-3H3,(H,32,33)/b9-5+. The lowest BCUT2D eigenvalue weighted by Gasteiger charge is -2.33. The van der Waals surface area contributed by atoms with E-state index < -0.39 is 5.97 Å². The molecule has 7 nitrogen and oxygen atoms in total. The van der Waals surface area contributed by atoms with Crippen LogP contribution in [0.25, 0.3) is 0 Å². The van der Waals surface area contributed by atoms with Crippen LogP contribution in [0.2, 0.25) is 0 Å². The molecule has 7 atom stereocenters. The SMILES string of the molecule is C/C=C/C(N)C(C)OOC1CC2Cc3c(cccc3OCC(=O)O)CC2C1CCC(O)CCCCC. The summed E-state index contributed by atoms with van der Waals surface area (Å²) >= 11 is 0. The van der Waals surface area contributed by atoms with Gasteiger partial charge in [-0.05, 0) is 87.3 Å². The number of carboxylic acid groups (broad SMARTS) is 1. The zero-order chi connectivity index (χ0) is 26.1. The lowest BCUT2D eigenvalue weighted by molar-refractivity contribution is -0.355. The zero-order valence-corrected chi connectivity index (χ0v) is 22.1. The summed E-state index contributed by atoms with van der Waals surface area (Å²) in [5.41, 5.74) is 8.50. The third-order valence-electron chi connectivity index (χ3n) is 7.93. The average molecular weight is 504 g/mol. The first-order chi connectivity index (χ1) is 17.3. The van der Waals surface area contributed by atoms with Crippen LogP contribution < -0.4 is 10.5 Å².